The van der Waals surface area contributed by atoms with Crippen LogP contribution in [0, 0.1) is 5.92 Å². The summed E-state index contributed by atoms with van der Waals surface area (Å²) in [6, 6.07) is 0.254. The van der Waals surface area contributed by atoms with E-state index in [1.807, 2.05) is 14.0 Å². The number of carbonyl (C=O) groups is 1. The Morgan fingerprint density at radius 2 is 2.25 bits per heavy atom. The number of nitrogens with two attached hydrogens (primary N) is 1. The van der Waals surface area contributed by atoms with Gasteiger partial charge in [0.25, 0.3) is 0 Å². The van der Waals surface area contributed by atoms with Crippen molar-refractivity contribution in [2.75, 3.05) is 13.6 Å². The van der Waals surface area contributed by atoms with Gasteiger partial charge in [-0.3, -0.25) is 4.79 Å². The van der Waals surface area contributed by atoms with E-state index >= 15 is 0 Å². The average Bonchev–Trinajstić information content (AvgIpc) is 2.49. The Kier molecular flexibility index (Phi) is 3.09. The summed E-state index contributed by atoms with van der Waals surface area (Å²) in [5.41, 5.74) is 5.73. The van der Waals surface area contributed by atoms with Gasteiger partial charge in [-0.1, -0.05) is 0 Å². The number of hydrogen-bond donors (Lipinski definition) is 1. The lowest BCUT2D eigenvalue weighted by Crippen LogP contribution is -2.32. The lowest BCUT2D eigenvalue weighted by atomic mass is 10.1. The zero-order chi connectivity index (χ0) is 9.14. The van der Waals surface area contributed by atoms with E-state index in [-0.39, 0.29) is 17.9 Å². The maximum absolute atomic E-state index is 11.6. The van der Waals surface area contributed by atoms with E-state index in [2.05, 4.69) is 0 Å². The third-order valence-corrected chi connectivity index (χ3v) is 2.67. The SMILES string of the molecule is CCN(C)C(=O)C1CCC(N)C1. The van der Waals surface area contributed by atoms with Gasteiger partial charge in [-0.2, -0.15) is 0 Å². The Bertz CT molecular complexity index is 170. The molecule has 3 heteroatoms. The van der Waals surface area contributed by atoms with Crippen LogP contribution >= 0.6 is 0 Å². The molecule has 2 N–H and O–H groups in total. The fourth-order valence-electron chi connectivity index (χ4n) is 1.71. The van der Waals surface area contributed by atoms with Gasteiger partial charge in [0.15, 0.2) is 0 Å². The summed E-state index contributed by atoms with van der Waals surface area (Å²) in [4.78, 5) is 13.4. The molecule has 1 aliphatic rings. The Labute approximate surface area is 73.9 Å². The molecule has 0 aliphatic heterocycles. The minimum absolute atomic E-state index is 0.199. The summed E-state index contributed by atoms with van der Waals surface area (Å²) < 4.78 is 0. The van der Waals surface area contributed by atoms with E-state index in [0.29, 0.717) is 0 Å². The van der Waals surface area contributed by atoms with Gasteiger partial charge in [0.1, 0.15) is 0 Å². The number of hydrogen-bond acceptors (Lipinski definition) is 2. The molecule has 1 aliphatic carbocycles. The Morgan fingerprint density at radius 3 is 2.67 bits per heavy atom. The van der Waals surface area contributed by atoms with Gasteiger partial charge in [-0.15, -0.1) is 0 Å². The predicted molar refractivity (Wildman–Crippen MR) is 48.6 cm³/mol. The minimum Gasteiger partial charge on any atom is -0.346 e. The van der Waals surface area contributed by atoms with Crippen LogP contribution in [0.4, 0.5) is 0 Å². The van der Waals surface area contributed by atoms with E-state index in [4.69, 9.17) is 5.73 Å². The van der Waals surface area contributed by atoms with E-state index in [9.17, 15) is 4.79 Å². The van der Waals surface area contributed by atoms with Crippen LogP contribution < -0.4 is 5.73 Å². The number of nitrogens with zero attached hydrogens (tertiary/aromatic N) is 1. The van der Waals surface area contributed by atoms with E-state index in [1.54, 1.807) is 4.90 Å². The second-order valence-electron chi connectivity index (χ2n) is 3.62. The number of rotatable bonds is 2. The second-order valence-corrected chi connectivity index (χ2v) is 3.62. The predicted octanol–water partition coefficient (Wildman–Crippen LogP) is 0.592. The molecule has 0 aromatic rings. The van der Waals surface area contributed by atoms with E-state index in [0.717, 1.165) is 25.8 Å². The Morgan fingerprint density at radius 1 is 1.58 bits per heavy atom. The maximum Gasteiger partial charge on any atom is 0.225 e. The molecule has 1 fully saturated rings. The molecule has 0 aromatic heterocycles. The first kappa shape index (κ1) is 9.52. The molecule has 0 spiro atoms. The van der Waals surface area contributed by atoms with Gasteiger partial charge < -0.3 is 10.6 Å². The van der Waals surface area contributed by atoms with Crippen molar-refractivity contribution in [3.63, 3.8) is 0 Å². The molecule has 0 aromatic carbocycles. The van der Waals surface area contributed by atoms with Crippen LogP contribution in [0.5, 0.6) is 0 Å². The zero-order valence-electron chi connectivity index (χ0n) is 7.92. The Balaban J connectivity index is 2.43. The van der Waals surface area contributed by atoms with Crippen molar-refractivity contribution in [3.05, 3.63) is 0 Å². The average molecular weight is 170 g/mol. The monoisotopic (exact) mass is 170 g/mol. The van der Waals surface area contributed by atoms with Crippen molar-refractivity contribution in [2.45, 2.75) is 32.2 Å². The second kappa shape index (κ2) is 3.90. The molecule has 0 bridgehead atoms. The molecular formula is C9H18N2O. The zero-order valence-corrected chi connectivity index (χ0v) is 7.92. The minimum atomic E-state index is 0.199. The normalized spacial score (nSPS) is 28.9. The summed E-state index contributed by atoms with van der Waals surface area (Å²) in [6.45, 7) is 2.79. The molecule has 70 valence electrons. The van der Waals surface area contributed by atoms with Crippen LogP contribution in [0.3, 0.4) is 0 Å². The summed E-state index contributed by atoms with van der Waals surface area (Å²) in [5.74, 6) is 0.468. The molecule has 0 heterocycles. The number of carbonyl (C=O) groups excluding carboxylic acids is 1. The molecular weight excluding hydrogens is 152 g/mol. The van der Waals surface area contributed by atoms with Crippen LogP contribution in [-0.2, 0) is 4.79 Å². The summed E-state index contributed by atoms with van der Waals surface area (Å²) >= 11 is 0. The van der Waals surface area contributed by atoms with Crippen LogP contribution in [0.1, 0.15) is 26.2 Å². The van der Waals surface area contributed by atoms with Crippen molar-refractivity contribution in [2.24, 2.45) is 11.7 Å². The third-order valence-electron chi connectivity index (χ3n) is 2.67. The van der Waals surface area contributed by atoms with Crippen LogP contribution in [-0.4, -0.2) is 30.4 Å². The molecule has 0 radical (unpaired) electrons. The van der Waals surface area contributed by atoms with Crippen LogP contribution in [0.2, 0.25) is 0 Å². The van der Waals surface area contributed by atoms with E-state index in [1.165, 1.54) is 0 Å². The maximum atomic E-state index is 11.6. The van der Waals surface area contributed by atoms with Crippen molar-refractivity contribution in [1.29, 1.82) is 0 Å². The third kappa shape index (κ3) is 1.97. The highest BCUT2D eigenvalue weighted by Gasteiger charge is 2.28. The lowest BCUT2D eigenvalue weighted by Gasteiger charge is -2.18. The highest BCUT2D eigenvalue weighted by molar-refractivity contribution is 5.78. The molecule has 2 unspecified atom stereocenters. The van der Waals surface area contributed by atoms with E-state index < -0.39 is 0 Å². The first-order chi connectivity index (χ1) is 5.65. The number of amides is 1. The van der Waals surface area contributed by atoms with Gasteiger partial charge in [0.2, 0.25) is 5.91 Å². The first-order valence-electron chi connectivity index (χ1n) is 4.65. The molecule has 1 amide bonds. The summed E-state index contributed by atoms with van der Waals surface area (Å²) in [5, 5.41) is 0. The topological polar surface area (TPSA) is 46.3 Å². The highest BCUT2D eigenvalue weighted by atomic mass is 16.2. The fraction of sp³-hybridized carbons (Fsp3) is 0.889. The van der Waals surface area contributed by atoms with Crippen molar-refractivity contribution in [1.82, 2.24) is 4.90 Å². The molecule has 12 heavy (non-hydrogen) atoms. The molecule has 3 nitrogen and oxygen atoms in total. The summed E-state index contributed by atoms with van der Waals surface area (Å²) in [6.07, 6.45) is 2.86. The van der Waals surface area contributed by atoms with Crippen molar-refractivity contribution < 1.29 is 4.79 Å². The van der Waals surface area contributed by atoms with Crippen LogP contribution in [0.15, 0.2) is 0 Å². The van der Waals surface area contributed by atoms with Crippen molar-refractivity contribution >= 4 is 5.91 Å². The van der Waals surface area contributed by atoms with Gasteiger partial charge in [0.05, 0.1) is 0 Å². The molecule has 1 saturated carbocycles. The smallest absolute Gasteiger partial charge is 0.225 e. The fourth-order valence-corrected chi connectivity index (χ4v) is 1.71. The standard InChI is InChI=1S/C9H18N2O/c1-3-11(2)9(12)7-4-5-8(10)6-7/h7-8H,3-6,10H2,1-2H3. The van der Waals surface area contributed by atoms with Gasteiger partial charge in [0, 0.05) is 25.6 Å². The van der Waals surface area contributed by atoms with Gasteiger partial charge in [-0.05, 0) is 26.2 Å². The first-order valence-corrected chi connectivity index (χ1v) is 4.65. The van der Waals surface area contributed by atoms with Crippen molar-refractivity contribution in [3.8, 4) is 0 Å². The lowest BCUT2D eigenvalue weighted by molar-refractivity contribution is -0.133. The Hall–Kier alpha value is -0.570. The molecule has 1 rings (SSSR count). The molecule has 0 saturated heterocycles. The highest BCUT2D eigenvalue weighted by Crippen LogP contribution is 2.25. The van der Waals surface area contributed by atoms with Crippen LogP contribution in [0.25, 0.3) is 0 Å². The van der Waals surface area contributed by atoms with Gasteiger partial charge in [-0.25, -0.2) is 0 Å². The largest absolute Gasteiger partial charge is 0.346 e. The molecule has 2 atom stereocenters. The van der Waals surface area contributed by atoms with Gasteiger partial charge >= 0.3 is 0 Å². The quantitative estimate of drug-likeness (QED) is 0.659. The summed E-state index contributed by atoms with van der Waals surface area (Å²) in [7, 11) is 1.85.